The lowest BCUT2D eigenvalue weighted by Gasteiger charge is -2.43. The van der Waals surface area contributed by atoms with Gasteiger partial charge in [-0.25, -0.2) is 4.85 Å². The Kier molecular flexibility index (Phi) is 9.66. The molecule has 0 amide bonds. The van der Waals surface area contributed by atoms with Gasteiger partial charge in [-0.1, -0.05) is 158 Å². The van der Waals surface area contributed by atoms with Crippen molar-refractivity contribution < 1.29 is 0 Å². The molecular formula is C75H76N4. The van der Waals surface area contributed by atoms with E-state index in [2.05, 4.69) is 202 Å². The molecule has 1 spiro atoms. The highest BCUT2D eigenvalue weighted by molar-refractivity contribution is 6.33. The number of hydrogen-bond donors (Lipinski definition) is 0. The second kappa shape index (κ2) is 15.5. The Labute approximate surface area is 467 Å². The van der Waals surface area contributed by atoms with E-state index in [0.717, 1.165) is 48.9 Å². The van der Waals surface area contributed by atoms with Crippen LogP contribution in [0.2, 0.25) is 0 Å². The maximum absolute atomic E-state index is 11.7. The second-order valence-corrected chi connectivity index (χ2v) is 30.1. The van der Waals surface area contributed by atoms with Crippen LogP contribution < -0.4 is 0 Å². The van der Waals surface area contributed by atoms with Crippen LogP contribution in [0.25, 0.3) is 81.0 Å². The number of aromatic nitrogens is 2. The molecule has 1 saturated carbocycles. The van der Waals surface area contributed by atoms with Crippen molar-refractivity contribution in [3.8, 4) is 6.07 Å². The van der Waals surface area contributed by atoms with Crippen molar-refractivity contribution in [3.05, 3.63) is 169 Å². The number of benzene rings is 7. The summed E-state index contributed by atoms with van der Waals surface area (Å²) in [5.74, 6) is -0.00920. The van der Waals surface area contributed by atoms with Gasteiger partial charge in [-0.05, 0) is 181 Å². The summed E-state index contributed by atoms with van der Waals surface area (Å²) in [5, 5.41) is 22.5. The largest absolute Gasteiger partial charge is 0.309 e. The fourth-order valence-electron chi connectivity index (χ4n) is 17.7. The standard InChI is InChI=1S/C75H76N4/c1-16-74(17-2)39-75(28-22-23-29-75)65-62-50-34-42(73(12,13)14)32-48-60-51(36-70(3,4)5)68-59(52(37-71(6,7)8)69(60)79(67(48)50)55(62)35-53(77-15)64(65)74)47-31-41(72(9,10)11)33-49-61-54(78(68)66(47)49)30-40(38-76)56-57-43-24-18-20-26-45(43)58(63(56)61)46-27-21-19-25-44(46)57/h18-21,24-27,30-35,57-58H,16-17,22-23,28-29,36-37,39H2,1-14H3. The third-order valence-corrected chi connectivity index (χ3v) is 20.8. The molecule has 7 aromatic carbocycles. The minimum Gasteiger partial charge on any atom is -0.309 e. The molecule has 0 atom stereocenters. The smallest absolute Gasteiger partial charge is 0.193 e. The molecule has 4 heteroatoms. The Morgan fingerprint density at radius 2 is 0.987 bits per heavy atom. The Bertz CT molecular complexity index is 4560. The Morgan fingerprint density at radius 3 is 1.41 bits per heavy atom. The van der Waals surface area contributed by atoms with Gasteiger partial charge in [-0.15, -0.1) is 0 Å². The van der Waals surface area contributed by atoms with Gasteiger partial charge in [0.25, 0.3) is 0 Å². The van der Waals surface area contributed by atoms with Gasteiger partial charge in [0.15, 0.2) is 5.69 Å². The number of nitrogens with zero attached hydrogens (tertiary/aromatic N) is 4. The maximum Gasteiger partial charge on any atom is 0.193 e. The molecule has 11 aromatic rings. The van der Waals surface area contributed by atoms with Crippen LogP contribution in [0.5, 0.6) is 0 Å². The quantitative estimate of drug-likeness (QED) is 0.162. The van der Waals surface area contributed by atoms with Gasteiger partial charge in [0.1, 0.15) is 0 Å². The van der Waals surface area contributed by atoms with E-state index in [1.165, 1.54) is 163 Å². The normalized spacial score (nSPS) is 18.6. The van der Waals surface area contributed by atoms with Gasteiger partial charge in [0.05, 0.1) is 45.8 Å². The SMILES string of the molecule is [C-]#[N+]c1cc2c(c3c1C(CC)(CC)CC31CCCC1)c1cc(C(C)(C)C)cc3c4c(CC(C)(C)C)c5c(c(CC(C)(C)C)c4n2c13)c1cc(C(C)(C)C)cc2c3c4c(c(C#N)cc3n5c21)C1c2ccccc2C4c2ccccc21. The lowest BCUT2D eigenvalue weighted by Crippen LogP contribution is -2.28. The van der Waals surface area contributed by atoms with E-state index < -0.39 is 0 Å². The van der Waals surface area contributed by atoms with E-state index in [9.17, 15) is 5.26 Å². The van der Waals surface area contributed by atoms with E-state index in [1.54, 1.807) is 0 Å². The monoisotopic (exact) mass is 1030 g/mol. The number of hydrogen-bond acceptors (Lipinski definition) is 1. The summed E-state index contributed by atoms with van der Waals surface area (Å²) in [7, 11) is 0. The van der Waals surface area contributed by atoms with Gasteiger partial charge >= 0.3 is 0 Å². The van der Waals surface area contributed by atoms with E-state index in [0.29, 0.717) is 0 Å². The summed E-state index contributed by atoms with van der Waals surface area (Å²) in [4.78, 5) is 4.62. The van der Waals surface area contributed by atoms with E-state index >= 15 is 0 Å². The first-order valence-electron chi connectivity index (χ1n) is 30.1. The molecule has 4 heterocycles. The molecule has 2 bridgehead atoms. The molecule has 5 aliphatic rings. The van der Waals surface area contributed by atoms with E-state index in [1.807, 2.05) is 0 Å². The summed E-state index contributed by atoms with van der Waals surface area (Å²) >= 11 is 0. The third-order valence-electron chi connectivity index (χ3n) is 20.8. The van der Waals surface area contributed by atoms with Crippen LogP contribution in [0.1, 0.15) is 226 Å². The first kappa shape index (κ1) is 49.2. The molecule has 5 aliphatic carbocycles. The molecular weight excluding hydrogens is 957 g/mol. The van der Waals surface area contributed by atoms with Gasteiger partial charge in [-0.3, -0.25) is 0 Å². The minimum atomic E-state index is -0.150. The first-order valence-corrected chi connectivity index (χ1v) is 30.1. The van der Waals surface area contributed by atoms with Crippen molar-refractivity contribution in [2.75, 3.05) is 0 Å². The summed E-state index contributed by atoms with van der Waals surface area (Å²) in [5.41, 5.74) is 25.3. The predicted molar refractivity (Wildman–Crippen MR) is 332 cm³/mol. The van der Waals surface area contributed by atoms with Crippen molar-refractivity contribution in [2.24, 2.45) is 10.8 Å². The molecule has 4 nitrogen and oxygen atoms in total. The Hall–Kier alpha value is -6.88. The maximum atomic E-state index is 11.7. The number of rotatable bonds is 4. The number of nitriles is 1. The van der Waals surface area contributed by atoms with Crippen LogP contribution in [0, 0.1) is 28.7 Å². The molecule has 0 radical (unpaired) electrons. The van der Waals surface area contributed by atoms with Crippen molar-refractivity contribution in [1.82, 2.24) is 8.80 Å². The molecule has 16 rings (SSSR count). The van der Waals surface area contributed by atoms with Gasteiger partial charge in [0, 0.05) is 60.4 Å². The highest BCUT2D eigenvalue weighted by Crippen LogP contribution is 2.66. The summed E-state index contributed by atoms with van der Waals surface area (Å²) in [6, 6.07) is 36.1. The van der Waals surface area contributed by atoms with E-state index in [4.69, 9.17) is 6.57 Å². The molecule has 1 fully saturated rings. The topological polar surface area (TPSA) is 37.0 Å². The van der Waals surface area contributed by atoms with Crippen LogP contribution in [-0.2, 0) is 34.5 Å². The zero-order chi connectivity index (χ0) is 55.2. The van der Waals surface area contributed by atoms with Crippen LogP contribution >= 0.6 is 0 Å². The van der Waals surface area contributed by atoms with Crippen molar-refractivity contribution in [2.45, 2.75) is 188 Å². The fourth-order valence-corrected chi connectivity index (χ4v) is 17.7. The fraction of sp³-hybridized carbons (Fsp3) is 0.413. The summed E-state index contributed by atoms with van der Waals surface area (Å²) < 4.78 is 5.45. The first-order chi connectivity index (χ1) is 37.5. The molecule has 0 N–H and O–H groups in total. The van der Waals surface area contributed by atoms with Crippen LogP contribution in [0.15, 0.2) is 84.9 Å². The van der Waals surface area contributed by atoms with Crippen molar-refractivity contribution >= 4 is 81.9 Å². The Balaban J connectivity index is 1.23. The molecule has 0 aliphatic heterocycles. The van der Waals surface area contributed by atoms with Gasteiger partial charge in [-0.2, -0.15) is 5.26 Å². The van der Waals surface area contributed by atoms with Crippen LogP contribution in [0.3, 0.4) is 0 Å². The van der Waals surface area contributed by atoms with Crippen molar-refractivity contribution in [1.29, 1.82) is 5.26 Å². The van der Waals surface area contributed by atoms with Crippen molar-refractivity contribution in [3.63, 3.8) is 0 Å². The predicted octanol–water partition coefficient (Wildman–Crippen LogP) is 20.4. The second-order valence-electron chi connectivity index (χ2n) is 30.1. The van der Waals surface area contributed by atoms with Gasteiger partial charge < -0.3 is 8.80 Å². The average Bonchev–Trinajstić information content (AvgIpc) is 2.04. The molecule has 0 saturated heterocycles. The molecule has 396 valence electrons. The minimum absolute atomic E-state index is 0.00554. The van der Waals surface area contributed by atoms with Gasteiger partial charge in [0.2, 0.25) is 0 Å². The summed E-state index contributed by atoms with van der Waals surface area (Å²) in [6.07, 6.45) is 9.92. The number of fused-ring (bicyclic) bond motifs is 15. The molecule has 4 aromatic heterocycles. The lowest BCUT2D eigenvalue weighted by atomic mass is 9.59. The van der Waals surface area contributed by atoms with Crippen LogP contribution in [-0.4, -0.2) is 8.80 Å². The zero-order valence-corrected chi connectivity index (χ0v) is 49.4. The Morgan fingerprint density at radius 1 is 0.557 bits per heavy atom. The zero-order valence-electron chi connectivity index (χ0n) is 49.4. The average molecular weight is 1030 g/mol. The lowest BCUT2D eigenvalue weighted by molar-refractivity contribution is 0.303. The molecule has 79 heavy (non-hydrogen) atoms. The van der Waals surface area contributed by atoms with Crippen LogP contribution in [0.4, 0.5) is 5.69 Å². The molecule has 0 unspecified atom stereocenters. The highest BCUT2D eigenvalue weighted by atomic mass is 15.0. The highest BCUT2D eigenvalue weighted by Gasteiger charge is 2.54. The third kappa shape index (κ3) is 6.20. The summed E-state index contributed by atoms with van der Waals surface area (Å²) in [6.45, 7) is 42.9. The van der Waals surface area contributed by atoms with E-state index in [-0.39, 0.29) is 44.3 Å².